The second-order valence-electron chi connectivity index (χ2n) is 5.28. The van der Waals surface area contributed by atoms with Crippen molar-refractivity contribution in [1.29, 1.82) is 0 Å². The van der Waals surface area contributed by atoms with E-state index in [0.29, 0.717) is 10.7 Å². The maximum Gasteiger partial charge on any atom is 0.405 e. The lowest BCUT2D eigenvalue weighted by Crippen LogP contribution is -2.34. The van der Waals surface area contributed by atoms with Crippen molar-refractivity contribution in [2.24, 2.45) is 0 Å². The van der Waals surface area contributed by atoms with Crippen LogP contribution in [-0.4, -0.2) is 34.1 Å². The number of hydrogen-bond acceptors (Lipinski definition) is 3. The average molecular weight is 407 g/mol. The molecule has 0 spiro atoms. The molecule has 0 atom stereocenters. The summed E-state index contributed by atoms with van der Waals surface area (Å²) in [7, 11) is -2.73. The molecular formula is C16H14ClF3N2O3S. The summed E-state index contributed by atoms with van der Waals surface area (Å²) in [6, 6.07) is 10.9. The van der Waals surface area contributed by atoms with Crippen LogP contribution in [0.2, 0.25) is 5.02 Å². The van der Waals surface area contributed by atoms with Crippen molar-refractivity contribution in [2.75, 3.05) is 17.9 Å². The molecule has 0 aliphatic carbocycles. The third-order valence-corrected chi connectivity index (χ3v) is 5.39. The average Bonchev–Trinajstić information content (AvgIpc) is 2.58. The second kappa shape index (κ2) is 7.55. The minimum atomic E-state index is -4.56. The zero-order valence-electron chi connectivity index (χ0n) is 13.4. The number of carbonyl (C=O) groups excluding carboxylic acids is 1. The first-order valence-corrected chi connectivity index (χ1v) is 9.02. The summed E-state index contributed by atoms with van der Waals surface area (Å²) < 4.78 is 63.0. The van der Waals surface area contributed by atoms with Gasteiger partial charge in [0.15, 0.2) is 0 Å². The Hall–Kier alpha value is -2.26. The summed E-state index contributed by atoms with van der Waals surface area (Å²) in [5, 5.41) is 2.03. The largest absolute Gasteiger partial charge is 0.405 e. The normalized spacial score (nSPS) is 11.9. The number of nitrogens with one attached hydrogen (secondary N) is 1. The smallest absolute Gasteiger partial charge is 0.343 e. The quantitative estimate of drug-likeness (QED) is 0.827. The van der Waals surface area contributed by atoms with E-state index in [4.69, 9.17) is 11.6 Å². The Morgan fingerprint density at radius 3 is 2.42 bits per heavy atom. The number of anilines is 1. The van der Waals surface area contributed by atoms with Gasteiger partial charge in [-0.2, -0.15) is 13.2 Å². The van der Waals surface area contributed by atoms with Crippen molar-refractivity contribution < 1.29 is 26.4 Å². The van der Waals surface area contributed by atoms with Crippen LogP contribution in [0.5, 0.6) is 0 Å². The van der Waals surface area contributed by atoms with Gasteiger partial charge >= 0.3 is 6.18 Å². The minimum Gasteiger partial charge on any atom is -0.343 e. The molecule has 0 radical (unpaired) electrons. The molecule has 0 saturated carbocycles. The minimum absolute atomic E-state index is 0.199. The number of amides is 1. The number of halogens is 4. The maximum atomic E-state index is 12.7. The zero-order chi connectivity index (χ0) is 19.5. The maximum absolute atomic E-state index is 12.7. The van der Waals surface area contributed by atoms with Gasteiger partial charge in [-0.15, -0.1) is 0 Å². The monoisotopic (exact) mass is 406 g/mol. The molecule has 140 valence electrons. The number of benzene rings is 2. The van der Waals surface area contributed by atoms with E-state index < -0.39 is 28.7 Å². The number of rotatable bonds is 5. The van der Waals surface area contributed by atoms with Gasteiger partial charge in [0.1, 0.15) is 6.54 Å². The molecule has 0 aromatic heterocycles. The van der Waals surface area contributed by atoms with Crippen LogP contribution in [0.4, 0.5) is 18.9 Å². The molecule has 0 fully saturated rings. The molecule has 0 unspecified atom stereocenters. The Morgan fingerprint density at radius 1 is 1.15 bits per heavy atom. The van der Waals surface area contributed by atoms with Crippen LogP contribution in [0.1, 0.15) is 10.4 Å². The highest BCUT2D eigenvalue weighted by atomic mass is 35.5. The summed E-state index contributed by atoms with van der Waals surface area (Å²) in [4.78, 5) is 11.6. The predicted molar refractivity (Wildman–Crippen MR) is 91.9 cm³/mol. The van der Waals surface area contributed by atoms with E-state index in [1.165, 1.54) is 37.4 Å². The Morgan fingerprint density at radius 2 is 1.81 bits per heavy atom. The lowest BCUT2D eigenvalue weighted by molar-refractivity contribution is -0.123. The summed E-state index contributed by atoms with van der Waals surface area (Å²) in [6.45, 7) is -1.51. The van der Waals surface area contributed by atoms with E-state index in [0.717, 1.165) is 10.4 Å². The molecule has 0 heterocycles. The molecule has 2 aromatic rings. The Bertz CT molecular complexity index is 917. The van der Waals surface area contributed by atoms with Crippen LogP contribution in [0.15, 0.2) is 53.4 Å². The van der Waals surface area contributed by atoms with Gasteiger partial charge in [0.25, 0.3) is 15.9 Å². The van der Waals surface area contributed by atoms with E-state index in [1.54, 1.807) is 17.4 Å². The number of carbonyl (C=O) groups is 1. The van der Waals surface area contributed by atoms with E-state index >= 15 is 0 Å². The molecule has 1 N–H and O–H groups in total. The third-order valence-electron chi connectivity index (χ3n) is 3.38. The molecular weight excluding hydrogens is 393 g/mol. The van der Waals surface area contributed by atoms with Crippen LogP contribution in [-0.2, 0) is 10.0 Å². The van der Waals surface area contributed by atoms with Crippen LogP contribution >= 0.6 is 11.6 Å². The van der Waals surface area contributed by atoms with E-state index in [2.05, 4.69) is 0 Å². The summed E-state index contributed by atoms with van der Waals surface area (Å²) in [6.07, 6.45) is -4.56. The van der Waals surface area contributed by atoms with Gasteiger partial charge in [-0.25, -0.2) is 8.42 Å². The van der Waals surface area contributed by atoms with Gasteiger partial charge in [0.05, 0.1) is 10.6 Å². The highest BCUT2D eigenvalue weighted by molar-refractivity contribution is 7.92. The third kappa shape index (κ3) is 4.89. The Kier molecular flexibility index (Phi) is 5.82. The van der Waals surface area contributed by atoms with Gasteiger partial charge in [-0.1, -0.05) is 23.7 Å². The summed E-state index contributed by atoms with van der Waals surface area (Å²) >= 11 is 5.86. The highest BCUT2D eigenvalue weighted by Crippen LogP contribution is 2.25. The fraction of sp³-hybridized carbons (Fsp3) is 0.188. The molecule has 0 aliphatic heterocycles. The first-order chi connectivity index (χ1) is 12.0. The number of sulfonamides is 1. The standard InChI is InChI=1S/C16H14ClF3N2O3S/c1-22(13-6-3-5-12(17)9-13)26(24,25)14-7-2-4-11(8-14)15(23)21-10-16(18,19)20/h2-9H,10H2,1H3,(H,21,23). The molecule has 10 heteroatoms. The van der Waals surface area contributed by atoms with Crippen molar-refractivity contribution in [3.8, 4) is 0 Å². The topological polar surface area (TPSA) is 66.5 Å². The molecule has 1 amide bonds. The molecule has 2 aromatic carbocycles. The van der Waals surface area contributed by atoms with Gasteiger partial charge in [-0.3, -0.25) is 9.10 Å². The zero-order valence-corrected chi connectivity index (χ0v) is 15.0. The van der Waals surface area contributed by atoms with Crippen LogP contribution in [0.25, 0.3) is 0 Å². The van der Waals surface area contributed by atoms with Crippen molar-refractivity contribution in [3.05, 3.63) is 59.1 Å². The predicted octanol–water partition coefficient (Wildman–Crippen LogP) is 3.46. The highest BCUT2D eigenvalue weighted by Gasteiger charge is 2.28. The lowest BCUT2D eigenvalue weighted by Gasteiger charge is -2.20. The molecule has 2 rings (SSSR count). The van der Waals surface area contributed by atoms with E-state index in [1.807, 2.05) is 0 Å². The molecule has 0 saturated heterocycles. The van der Waals surface area contributed by atoms with Gasteiger partial charge in [-0.05, 0) is 36.4 Å². The first kappa shape index (κ1) is 20.1. The van der Waals surface area contributed by atoms with Gasteiger partial charge in [0.2, 0.25) is 0 Å². The number of alkyl halides is 3. The number of nitrogens with zero attached hydrogens (tertiary/aromatic N) is 1. The summed E-state index contributed by atoms with van der Waals surface area (Å²) in [5.41, 5.74) is 0.0965. The van der Waals surface area contributed by atoms with Crippen molar-refractivity contribution in [3.63, 3.8) is 0 Å². The Labute approximate surface area is 153 Å². The Balaban J connectivity index is 2.29. The van der Waals surface area contributed by atoms with Gasteiger partial charge in [0, 0.05) is 17.6 Å². The van der Waals surface area contributed by atoms with Crippen molar-refractivity contribution in [1.82, 2.24) is 5.32 Å². The molecule has 5 nitrogen and oxygen atoms in total. The SMILES string of the molecule is CN(c1cccc(Cl)c1)S(=O)(=O)c1cccc(C(=O)NCC(F)(F)F)c1. The van der Waals surface area contributed by atoms with Crippen LogP contribution < -0.4 is 9.62 Å². The molecule has 0 aliphatic rings. The molecule has 26 heavy (non-hydrogen) atoms. The van der Waals surface area contributed by atoms with E-state index in [9.17, 15) is 26.4 Å². The van der Waals surface area contributed by atoms with Crippen molar-refractivity contribution >= 4 is 33.2 Å². The lowest BCUT2D eigenvalue weighted by atomic mass is 10.2. The fourth-order valence-electron chi connectivity index (χ4n) is 2.05. The second-order valence-corrected chi connectivity index (χ2v) is 7.68. The van der Waals surface area contributed by atoms with Crippen LogP contribution in [0.3, 0.4) is 0 Å². The van der Waals surface area contributed by atoms with Crippen molar-refractivity contribution in [2.45, 2.75) is 11.1 Å². The van der Waals surface area contributed by atoms with Crippen LogP contribution in [0, 0.1) is 0 Å². The molecule has 0 bridgehead atoms. The van der Waals surface area contributed by atoms with E-state index in [-0.39, 0.29) is 10.5 Å². The fourth-order valence-corrected chi connectivity index (χ4v) is 3.47. The summed E-state index contributed by atoms with van der Waals surface area (Å²) in [5.74, 6) is -1.02. The first-order valence-electron chi connectivity index (χ1n) is 7.20. The number of hydrogen-bond donors (Lipinski definition) is 1. The van der Waals surface area contributed by atoms with Gasteiger partial charge < -0.3 is 5.32 Å².